The van der Waals surface area contributed by atoms with Gasteiger partial charge in [-0.15, -0.1) is 0 Å². The van der Waals surface area contributed by atoms with Gasteiger partial charge in [-0.05, 0) is 24.7 Å². The molecule has 158 valence electrons. The second-order valence-corrected chi connectivity index (χ2v) is 8.46. The highest BCUT2D eigenvalue weighted by Gasteiger charge is 2.16. The Hall–Kier alpha value is -1.87. The van der Waals surface area contributed by atoms with Gasteiger partial charge in [-0.25, -0.2) is 0 Å². The molecule has 8 heteroatoms. The standard InChI is InChI=1S/C21H30N4O3S/c1-24(14-18-12-22-5-6-23-18)13-17-3-4-20(21(11-17)27-2)28-16-19(26)15-25-7-9-29-10-8-25/h3-6,11-12,19,26H,7-10,13-16H2,1-2H3/t19-/m0/s1. The normalized spacial score (nSPS) is 16.0. The molecular formula is C21H30N4O3S. The summed E-state index contributed by atoms with van der Waals surface area (Å²) in [5.74, 6) is 3.60. The quantitative estimate of drug-likeness (QED) is 0.627. The van der Waals surface area contributed by atoms with Crippen molar-refractivity contribution in [3.8, 4) is 11.5 Å². The van der Waals surface area contributed by atoms with E-state index in [0.29, 0.717) is 18.0 Å². The van der Waals surface area contributed by atoms with Gasteiger partial charge in [0, 0.05) is 62.8 Å². The molecule has 0 aliphatic carbocycles. The average molecular weight is 419 g/mol. The number of ether oxygens (including phenoxy) is 2. The molecule has 1 fully saturated rings. The summed E-state index contributed by atoms with van der Waals surface area (Å²) in [4.78, 5) is 12.9. The summed E-state index contributed by atoms with van der Waals surface area (Å²) in [6.45, 7) is 4.43. The van der Waals surface area contributed by atoms with Crippen molar-refractivity contribution in [2.75, 3.05) is 51.9 Å². The summed E-state index contributed by atoms with van der Waals surface area (Å²) in [5, 5.41) is 10.3. The maximum Gasteiger partial charge on any atom is 0.161 e. The molecule has 1 N–H and O–H groups in total. The molecule has 2 heterocycles. The lowest BCUT2D eigenvalue weighted by molar-refractivity contribution is 0.0704. The predicted molar refractivity (Wildman–Crippen MR) is 115 cm³/mol. The first-order valence-electron chi connectivity index (χ1n) is 9.85. The number of aliphatic hydroxyl groups is 1. The molecule has 0 unspecified atom stereocenters. The Morgan fingerprint density at radius 2 is 2.03 bits per heavy atom. The van der Waals surface area contributed by atoms with E-state index >= 15 is 0 Å². The SMILES string of the molecule is COc1cc(CN(C)Cc2cnccn2)ccc1OC[C@@H](O)CN1CCSCC1. The Morgan fingerprint density at radius 1 is 1.21 bits per heavy atom. The zero-order valence-electron chi connectivity index (χ0n) is 17.2. The molecule has 0 radical (unpaired) electrons. The summed E-state index contributed by atoms with van der Waals surface area (Å²) in [7, 11) is 3.68. The molecule has 1 aliphatic rings. The molecule has 0 saturated carbocycles. The van der Waals surface area contributed by atoms with Gasteiger partial charge in [0.2, 0.25) is 0 Å². The monoisotopic (exact) mass is 418 g/mol. The molecule has 1 aromatic heterocycles. The van der Waals surface area contributed by atoms with Crippen molar-refractivity contribution in [3.63, 3.8) is 0 Å². The fourth-order valence-electron chi connectivity index (χ4n) is 3.31. The molecule has 1 atom stereocenters. The van der Waals surface area contributed by atoms with Crippen LogP contribution in [0.5, 0.6) is 11.5 Å². The van der Waals surface area contributed by atoms with E-state index < -0.39 is 6.10 Å². The van der Waals surface area contributed by atoms with E-state index in [0.717, 1.165) is 48.9 Å². The number of thioether (sulfide) groups is 1. The minimum absolute atomic E-state index is 0.256. The van der Waals surface area contributed by atoms with Crippen LogP contribution in [0.25, 0.3) is 0 Å². The van der Waals surface area contributed by atoms with E-state index in [4.69, 9.17) is 9.47 Å². The molecule has 1 aromatic carbocycles. The number of nitrogens with zero attached hydrogens (tertiary/aromatic N) is 4. The molecule has 7 nitrogen and oxygen atoms in total. The van der Waals surface area contributed by atoms with E-state index in [2.05, 4.69) is 19.8 Å². The second kappa shape index (κ2) is 11.3. The van der Waals surface area contributed by atoms with Crippen molar-refractivity contribution in [1.29, 1.82) is 0 Å². The third-order valence-electron chi connectivity index (χ3n) is 4.73. The highest BCUT2D eigenvalue weighted by Crippen LogP contribution is 2.28. The van der Waals surface area contributed by atoms with Gasteiger partial charge in [-0.3, -0.25) is 19.8 Å². The van der Waals surface area contributed by atoms with Crippen LogP contribution in [-0.4, -0.2) is 82.9 Å². The fraction of sp³-hybridized carbons (Fsp3) is 0.524. The molecule has 2 aromatic rings. The molecule has 0 amide bonds. The van der Waals surface area contributed by atoms with E-state index in [-0.39, 0.29) is 6.61 Å². The zero-order valence-corrected chi connectivity index (χ0v) is 18.0. The summed E-state index contributed by atoms with van der Waals surface area (Å²) >= 11 is 1.97. The van der Waals surface area contributed by atoms with E-state index in [9.17, 15) is 5.11 Å². The first-order valence-corrected chi connectivity index (χ1v) is 11.0. The molecule has 0 spiro atoms. The van der Waals surface area contributed by atoms with Gasteiger partial charge in [-0.2, -0.15) is 11.8 Å². The minimum atomic E-state index is -0.513. The van der Waals surface area contributed by atoms with Crippen molar-refractivity contribution >= 4 is 11.8 Å². The van der Waals surface area contributed by atoms with Crippen LogP contribution in [0.2, 0.25) is 0 Å². The number of β-amino-alcohol motifs (C(OH)–C–C–N with tert-alkyl or cyclic N) is 1. The number of benzene rings is 1. The lowest BCUT2D eigenvalue weighted by Gasteiger charge is -2.28. The minimum Gasteiger partial charge on any atom is -0.493 e. The first-order chi connectivity index (χ1) is 14.1. The van der Waals surface area contributed by atoms with Gasteiger partial charge in [0.25, 0.3) is 0 Å². The molecule has 0 bridgehead atoms. The number of aromatic nitrogens is 2. The smallest absolute Gasteiger partial charge is 0.161 e. The van der Waals surface area contributed by atoms with Crippen LogP contribution in [0.4, 0.5) is 0 Å². The van der Waals surface area contributed by atoms with Crippen molar-refractivity contribution in [2.24, 2.45) is 0 Å². The number of aliphatic hydroxyl groups excluding tert-OH is 1. The molecule has 29 heavy (non-hydrogen) atoms. The molecule has 1 saturated heterocycles. The van der Waals surface area contributed by atoms with Crippen molar-refractivity contribution in [1.82, 2.24) is 19.8 Å². The van der Waals surface area contributed by atoms with Crippen LogP contribution in [0.1, 0.15) is 11.3 Å². The van der Waals surface area contributed by atoms with Gasteiger partial charge < -0.3 is 14.6 Å². The largest absolute Gasteiger partial charge is 0.493 e. The summed E-state index contributed by atoms with van der Waals surface area (Å²) in [6.07, 6.45) is 4.65. The Balaban J connectivity index is 1.51. The predicted octanol–water partition coefficient (Wildman–Crippen LogP) is 1.91. The molecular weight excluding hydrogens is 388 g/mol. The highest BCUT2D eigenvalue weighted by molar-refractivity contribution is 7.99. The third kappa shape index (κ3) is 7.15. The maximum absolute atomic E-state index is 10.3. The van der Waals surface area contributed by atoms with Crippen LogP contribution in [0.15, 0.2) is 36.8 Å². The molecule has 1 aliphatic heterocycles. The van der Waals surface area contributed by atoms with Gasteiger partial charge in [0.15, 0.2) is 11.5 Å². The Kier molecular flexibility index (Phi) is 8.54. The Morgan fingerprint density at radius 3 is 2.76 bits per heavy atom. The summed E-state index contributed by atoms with van der Waals surface area (Å²) in [6, 6.07) is 5.92. The van der Waals surface area contributed by atoms with Crippen LogP contribution in [0.3, 0.4) is 0 Å². The van der Waals surface area contributed by atoms with Crippen LogP contribution < -0.4 is 9.47 Å². The van der Waals surface area contributed by atoms with Crippen molar-refractivity contribution < 1.29 is 14.6 Å². The molecule has 3 rings (SSSR count). The Bertz CT molecular complexity index is 744. The lowest BCUT2D eigenvalue weighted by atomic mass is 10.2. The number of hydrogen-bond acceptors (Lipinski definition) is 8. The fourth-order valence-corrected chi connectivity index (χ4v) is 4.28. The Labute approximate surface area is 177 Å². The number of rotatable bonds is 10. The average Bonchev–Trinajstić information content (AvgIpc) is 2.74. The number of hydrogen-bond donors (Lipinski definition) is 1. The van der Waals surface area contributed by atoms with Gasteiger partial charge >= 0.3 is 0 Å². The van der Waals surface area contributed by atoms with Gasteiger partial charge in [-0.1, -0.05) is 6.07 Å². The second-order valence-electron chi connectivity index (χ2n) is 7.23. The summed E-state index contributed by atoms with van der Waals surface area (Å²) < 4.78 is 11.4. The van der Waals surface area contributed by atoms with E-state index in [1.165, 1.54) is 0 Å². The van der Waals surface area contributed by atoms with Crippen LogP contribution >= 0.6 is 11.8 Å². The van der Waals surface area contributed by atoms with Gasteiger partial charge in [0.1, 0.15) is 12.7 Å². The van der Waals surface area contributed by atoms with Crippen LogP contribution in [-0.2, 0) is 13.1 Å². The van der Waals surface area contributed by atoms with Crippen LogP contribution in [0, 0.1) is 0 Å². The zero-order chi connectivity index (χ0) is 20.5. The highest BCUT2D eigenvalue weighted by atomic mass is 32.2. The summed E-state index contributed by atoms with van der Waals surface area (Å²) in [5.41, 5.74) is 2.05. The van der Waals surface area contributed by atoms with Crippen molar-refractivity contribution in [3.05, 3.63) is 48.0 Å². The maximum atomic E-state index is 10.3. The topological polar surface area (TPSA) is 71.0 Å². The third-order valence-corrected chi connectivity index (χ3v) is 5.68. The van der Waals surface area contributed by atoms with Crippen molar-refractivity contribution in [2.45, 2.75) is 19.2 Å². The first kappa shape index (κ1) is 21.8. The number of methoxy groups -OCH3 is 1. The van der Waals surface area contributed by atoms with Gasteiger partial charge in [0.05, 0.1) is 12.8 Å². The van der Waals surface area contributed by atoms with E-state index in [1.54, 1.807) is 25.7 Å². The lowest BCUT2D eigenvalue weighted by Crippen LogP contribution is -2.40. The van der Waals surface area contributed by atoms with E-state index in [1.807, 2.05) is 37.0 Å².